The molecule has 0 saturated carbocycles. The largest absolute Gasteiger partial charge is 0.456 e. The quantitative estimate of drug-likeness (QED) is 0.153. The number of hydrogen-bond donors (Lipinski definition) is 0. The summed E-state index contributed by atoms with van der Waals surface area (Å²) in [6, 6.07) is 86.2. The molecule has 2 aromatic heterocycles. The van der Waals surface area contributed by atoms with Crippen LogP contribution in [-0.4, -0.2) is 0 Å². The molecular weight excluding hydrogens is 805 g/mol. The van der Waals surface area contributed by atoms with E-state index in [-0.39, 0.29) is 0 Å². The molecule has 0 radical (unpaired) electrons. The van der Waals surface area contributed by atoms with E-state index in [1.54, 1.807) is 0 Å². The maximum atomic E-state index is 6.73. The average Bonchev–Trinajstić information content (AvgIpc) is 3.93. The lowest BCUT2D eigenvalue weighted by atomic mass is 9.99. The Bertz CT molecular complexity index is 3670. The molecule has 4 nitrogen and oxygen atoms in total. The second-order valence-corrected chi connectivity index (χ2v) is 16.9. The summed E-state index contributed by atoms with van der Waals surface area (Å²) in [5, 5.41) is 8.75. The van der Waals surface area contributed by atoms with Crippen LogP contribution >= 0.6 is 0 Å². The molecule has 11 aromatic carbocycles. The first-order valence-electron chi connectivity index (χ1n) is 22.4. The van der Waals surface area contributed by atoms with Crippen LogP contribution in [0.2, 0.25) is 0 Å². The molecule has 0 fully saturated rings. The summed E-state index contributed by atoms with van der Waals surface area (Å²) in [4.78, 5) is 4.70. The van der Waals surface area contributed by atoms with Crippen molar-refractivity contribution in [3.8, 4) is 22.3 Å². The Morgan fingerprint density at radius 3 is 1.06 bits per heavy atom. The number of hydrogen-bond acceptors (Lipinski definition) is 4. The molecule has 13 aromatic rings. The number of fused-ring (bicyclic) bond motifs is 9. The Kier molecular flexibility index (Phi) is 8.81. The SMILES string of the molecule is c1ccc(-c2ccccc2N(c2ccccc2)c2ccc3cc4c(cc3c2)oc2ccc3oc5cc6cc(N(c7ccccc7)c7ccccc7-c7ccccc7)ccc6cc5c3c24)cc1. The van der Waals surface area contributed by atoms with E-state index in [0.717, 1.165) is 111 Å². The Hall–Kier alpha value is -8.86. The van der Waals surface area contributed by atoms with E-state index in [2.05, 4.69) is 240 Å². The molecule has 2 heterocycles. The van der Waals surface area contributed by atoms with Gasteiger partial charge in [-0.25, -0.2) is 0 Å². The van der Waals surface area contributed by atoms with Crippen LogP contribution in [-0.2, 0) is 0 Å². The number of para-hydroxylation sites is 4. The molecule has 0 saturated heterocycles. The van der Waals surface area contributed by atoms with Gasteiger partial charge in [0.25, 0.3) is 0 Å². The minimum absolute atomic E-state index is 0.837. The molecule has 0 N–H and O–H groups in total. The topological polar surface area (TPSA) is 32.8 Å². The fraction of sp³-hybridized carbons (Fsp3) is 0. The molecular formula is C62H40N2O2. The molecule has 0 unspecified atom stereocenters. The molecule has 0 spiro atoms. The third-order valence-electron chi connectivity index (χ3n) is 13.0. The lowest BCUT2D eigenvalue weighted by Gasteiger charge is -2.28. The Labute approximate surface area is 381 Å². The van der Waals surface area contributed by atoms with Crippen molar-refractivity contribution in [2.24, 2.45) is 0 Å². The summed E-state index contributed by atoms with van der Waals surface area (Å²) >= 11 is 0. The Balaban J connectivity index is 0.936. The maximum absolute atomic E-state index is 6.73. The smallest absolute Gasteiger partial charge is 0.136 e. The van der Waals surface area contributed by atoms with Gasteiger partial charge in [-0.2, -0.15) is 0 Å². The first kappa shape index (κ1) is 37.7. The molecule has 0 aliphatic rings. The van der Waals surface area contributed by atoms with E-state index in [4.69, 9.17) is 8.83 Å². The normalized spacial score (nSPS) is 11.6. The van der Waals surface area contributed by atoms with Gasteiger partial charge in [0.05, 0.1) is 11.4 Å². The number of anilines is 6. The Morgan fingerprint density at radius 1 is 0.258 bits per heavy atom. The van der Waals surface area contributed by atoms with Crippen molar-refractivity contribution in [2.75, 3.05) is 9.80 Å². The van der Waals surface area contributed by atoms with E-state index >= 15 is 0 Å². The van der Waals surface area contributed by atoms with Crippen LogP contribution < -0.4 is 9.80 Å². The molecule has 310 valence electrons. The van der Waals surface area contributed by atoms with Crippen LogP contribution in [0.4, 0.5) is 34.1 Å². The lowest BCUT2D eigenvalue weighted by Crippen LogP contribution is -2.11. The summed E-state index contributed by atoms with van der Waals surface area (Å²) in [5.74, 6) is 0. The predicted octanol–water partition coefficient (Wildman–Crippen LogP) is 18.1. The standard InChI is InChI=1S/C62H40N2O2/c1-5-17-41(18-6-1)51-25-13-15-27-55(51)63(47-21-9-3-10-22-47)49-31-29-43-37-53-59(39-45(43)35-49)65-57-33-34-58-62(61(53)57)54-38-44-30-32-50(36-46(44)40-60(54)66-58)64(48-23-11-4-12-24-48)56-28-16-14-26-52(56)42-19-7-2-8-20-42/h1-40H. The monoisotopic (exact) mass is 844 g/mol. The van der Waals surface area contributed by atoms with Crippen LogP contribution in [0, 0.1) is 0 Å². The van der Waals surface area contributed by atoms with Gasteiger partial charge in [-0.05, 0) is 130 Å². The minimum atomic E-state index is 0.837. The van der Waals surface area contributed by atoms with E-state index in [0.29, 0.717) is 0 Å². The summed E-state index contributed by atoms with van der Waals surface area (Å²) in [5.41, 5.74) is 14.6. The summed E-state index contributed by atoms with van der Waals surface area (Å²) in [6.45, 7) is 0. The molecule has 66 heavy (non-hydrogen) atoms. The highest BCUT2D eigenvalue weighted by atomic mass is 16.3. The number of rotatable bonds is 8. The lowest BCUT2D eigenvalue weighted by molar-refractivity contribution is 0.663. The van der Waals surface area contributed by atoms with Gasteiger partial charge in [0.15, 0.2) is 0 Å². The van der Waals surface area contributed by atoms with Crippen molar-refractivity contribution < 1.29 is 8.83 Å². The van der Waals surface area contributed by atoms with E-state index in [1.807, 2.05) is 12.1 Å². The second kappa shape index (κ2) is 15.4. The van der Waals surface area contributed by atoms with Crippen molar-refractivity contribution in [1.29, 1.82) is 0 Å². The minimum Gasteiger partial charge on any atom is -0.456 e. The summed E-state index contributed by atoms with van der Waals surface area (Å²) in [6.07, 6.45) is 0. The maximum Gasteiger partial charge on any atom is 0.136 e. The fourth-order valence-corrected chi connectivity index (χ4v) is 9.94. The van der Waals surface area contributed by atoms with Crippen molar-refractivity contribution in [2.45, 2.75) is 0 Å². The highest BCUT2D eigenvalue weighted by Crippen LogP contribution is 2.46. The first-order valence-corrected chi connectivity index (χ1v) is 22.4. The second-order valence-electron chi connectivity index (χ2n) is 16.9. The zero-order valence-electron chi connectivity index (χ0n) is 35.8. The third-order valence-corrected chi connectivity index (χ3v) is 13.0. The van der Waals surface area contributed by atoms with Crippen LogP contribution in [0.1, 0.15) is 0 Å². The van der Waals surface area contributed by atoms with Gasteiger partial charge in [0, 0.05) is 55.4 Å². The van der Waals surface area contributed by atoms with Gasteiger partial charge in [-0.3, -0.25) is 0 Å². The highest BCUT2D eigenvalue weighted by molar-refractivity contribution is 6.28. The first-order chi connectivity index (χ1) is 32.7. The molecule has 0 bridgehead atoms. The molecule has 0 aliphatic heterocycles. The number of benzene rings is 11. The van der Waals surface area contributed by atoms with Crippen LogP contribution in [0.5, 0.6) is 0 Å². The van der Waals surface area contributed by atoms with Gasteiger partial charge >= 0.3 is 0 Å². The molecule has 4 heteroatoms. The highest BCUT2D eigenvalue weighted by Gasteiger charge is 2.22. The van der Waals surface area contributed by atoms with Crippen molar-refractivity contribution in [1.82, 2.24) is 0 Å². The van der Waals surface area contributed by atoms with Gasteiger partial charge < -0.3 is 18.6 Å². The average molecular weight is 845 g/mol. The van der Waals surface area contributed by atoms with Gasteiger partial charge in [0.2, 0.25) is 0 Å². The molecule has 0 atom stereocenters. The molecule has 0 aliphatic carbocycles. The Morgan fingerprint density at radius 2 is 0.636 bits per heavy atom. The van der Waals surface area contributed by atoms with Crippen molar-refractivity contribution in [3.05, 3.63) is 243 Å². The van der Waals surface area contributed by atoms with Crippen LogP contribution in [0.25, 0.3) is 87.7 Å². The van der Waals surface area contributed by atoms with E-state index < -0.39 is 0 Å². The molecule has 13 rings (SSSR count). The zero-order valence-corrected chi connectivity index (χ0v) is 35.8. The van der Waals surface area contributed by atoms with Gasteiger partial charge in [-0.15, -0.1) is 0 Å². The van der Waals surface area contributed by atoms with Gasteiger partial charge in [0.1, 0.15) is 22.3 Å². The zero-order chi connectivity index (χ0) is 43.6. The molecule has 0 amide bonds. The van der Waals surface area contributed by atoms with Crippen LogP contribution in [0.15, 0.2) is 251 Å². The third kappa shape index (κ3) is 6.30. The van der Waals surface area contributed by atoms with E-state index in [1.165, 1.54) is 11.1 Å². The fourth-order valence-electron chi connectivity index (χ4n) is 9.94. The van der Waals surface area contributed by atoms with Crippen LogP contribution in [0.3, 0.4) is 0 Å². The number of furan rings is 2. The summed E-state index contributed by atoms with van der Waals surface area (Å²) in [7, 11) is 0. The summed E-state index contributed by atoms with van der Waals surface area (Å²) < 4.78 is 13.5. The number of nitrogens with zero attached hydrogens (tertiary/aromatic N) is 2. The van der Waals surface area contributed by atoms with Gasteiger partial charge in [-0.1, -0.05) is 146 Å². The predicted molar refractivity (Wildman–Crippen MR) is 276 cm³/mol. The van der Waals surface area contributed by atoms with Crippen molar-refractivity contribution >= 4 is 99.5 Å². The van der Waals surface area contributed by atoms with E-state index in [9.17, 15) is 0 Å². The van der Waals surface area contributed by atoms with Crippen molar-refractivity contribution in [3.63, 3.8) is 0 Å².